The van der Waals surface area contributed by atoms with E-state index < -0.39 is 0 Å². The van der Waals surface area contributed by atoms with Crippen molar-refractivity contribution in [1.29, 1.82) is 0 Å². The SMILES string of the molecule is CCC1CCCCN1CCNC(=O)N1CCC(c2cncn2C)CC1. The molecule has 0 aliphatic carbocycles. The van der Waals surface area contributed by atoms with E-state index in [0.29, 0.717) is 12.0 Å². The second kappa shape index (κ2) is 8.70. The fraction of sp³-hybridized carbons (Fsp3) is 0.789. The molecule has 1 N–H and O–H groups in total. The first kappa shape index (κ1) is 18.2. The van der Waals surface area contributed by atoms with E-state index in [1.54, 1.807) is 0 Å². The highest BCUT2D eigenvalue weighted by Gasteiger charge is 2.25. The van der Waals surface area contributed by atoms with Crippen LogP contribution in [0, 0.1) is 0 Å². The van der Waals surface area contributed by atoms with E-state index in [1.165, 1.54) is 37.9 Å². The quantitative estimate of drug-likeness (QED) is 0.891. The summed E-state index contributed by atoms with van der Waals surface area (Å²) in [5, 5.41) is 3.13. The van der Waals surface area contributed by atoms with E-state index >= 15 is 0 Å². The number of hydrogen-bond donors (Lipinski definition) is 1. The summed E-state index contributed by atoms with van der Waals surface area (Å²) in [4.78, 5) is 21.2. The van der Waals surface area contributed by atoms with Crippen molar-refractivity contribution in [1.82, 2.24) is 24.7 Å². The van der Waals surface area contributed by atoms with Gasteiger partial charge in [0, 0.05) is 57.1 Å². The van der Waals surface area contributed by atoms with Crippen LogP contribution < -0.4 is 5.32 Å². The molecule has 2 aliphatic rings. The second-order valence-electron chi connectivity index (χ2n) is 7.52. The summed E-state index contributed by atoms with van der Waals surface area (Å²) in [7, 11) is 2.05. The number of carbonyl (C=O) groups is 1. The number of hydrogen-bond acceptors (Lipinski definition) is 3. The fourth-order valence-electron chi connectivity index (χ4n) is 4.37. The summed E-state index contributed by atoms with van der Waals surface area (Å²) < 4.78 is 2.10. The zero-order valence-corrected chi connectivity index (χ0v) is 15.8. The summed E-state index contributed by atoms with van der Waals surface area (Å²) in [6, 6.07) is 0.814. The van der Waals surface area contributed by atoms with E-state index in [0.717, 1.165) is 39.0 Å². The van der Waals surface area contributed by atoms with Crippen LogP contribution in [0.5, 0.6) is 0 Å². The van der Waals surface area contributed by atoms with Gasteiger partial charge in [-0.2, -0.15) is 0 Å². The molecule has 0 bridgehead atoms. The molecule has 2 amide bonds. The Labute approximate surface area is 151 Å². The summed E-state index contributed by atoms with van der Waals surface area (Å²) in [6.45, 7) is 6.87. The van der Waals surface area contributed by atoms with Gasteiger partial charge in [-0.3, -0.25) is 4.90 Å². The molecule has 2 aliphatic heterocycles. The molecule has 3 heterocycles. The Hall–Kier alpha value is -1.56. The maximum atomic E-state index is 12.4. The Morgan fingerprint density at radius 1 is 1.24 bits per heavy atom. The monoisotopic (exact) mass is 347 g/mol. The number of aromatic nitrogens is 2. The first-order chi connectivity index (χ1) is 12.2. The lowest BCUT2D eigenvalue weighted by Gasteiger charge is -2.36. The minimum Gasteiger partial charge on any atom is -0.337 e. The molecule has 0 aromatic carbocycles. The summed E-state index contributed by atoms with van der Waals surface area (Å²) in [5.74, 6) is 0.523. The van der Waals surface area contributed by atoms with Crippen molar-refractivity contribution in [2.45, 2.75) is 57.4 Å². The van der Waals surface area contributed by atoms with E-state index in [4.69, 9.17) is 0 Å². The van der Waals surface area contributed by atoms with Crippen molar-refractivity contribution in [2.24, 2.45) is 7.05 Å². The van der Waals surface area contributed by atoms with Gasteiger partial charge in [-0.05, 0) is 38.6 Å². The van der Waals surface area contributed by atoms with E-state index in [-0.39, 0.29) is 6.03 Å². The van der Waals surface area contributed by atoms with Gasteiger partial charge >= 0.3 is 6.03 Å². The van der Waals surface area contributed by atoms with Crippen molar-refractivity contribution in [3.05, 3.63) is 18.2 Å². The Morgan fingerprint density at radius 2 is 2.04 bits per heavy atom. The highest BCUT2D eigenvalue weighted by atomic mass is 16.2. The van der Waals surface area contributed by atoms with Gasteiger partial charge in [-0.25, -0.2) is 9.78 Å². The number of nitrogens with one attached hydrogen (secondary N) is 1. The number of urea groups is 1. The van der Waals surface area contributed by atoms with Crippen LogP contribution in [0.15, 0.2) is 12.5 Å². The predicted molar refractivity (Wildman–Crippen MR) is 99.7 cm³/mol. The number of aryl methyl sites for hydroxylation is 1. The van der Waals surface area contributed by atoms with Crippen LogP contribution in [0.25, 0.3) is 0 Å². The largest absolute Gasteiger partial charge is 0.337 e. The third-order valence-corrected chi connectivity index (χ3v) is 5.95. The van der Waals surface area contributed by atoms with Gasteiger partial charge < -0.3 is 14.8 Å². The zero-order chi connectivity index (χ0) is 17.6. The van der Waals surface area contributed by atoms with E-state index in [2.05, 4.69) is 26.7 Å². The molecule has 6 nitrogen and oxygen atoms in total. The van der Waals surface area contributed by atoms with Crippen molar-refractivity contribution < 1.29 is 4.79 Å². The van der Waals surface area contributed by atoms with Gasteiger partial charge in [0.15, 0.2) is 0 Å². The average molecular weight is 348 g/mol. The Kier molecular flexibility index (Phi) is 6.34. The number of rotatable bonds is 5. The normalized spacial score (nSPS) is 23.0. The van der Waals surface area contributed by atoms with Gasteiger partial charge in [0.2, 0.25) is 0 Å². The van der Waals surface area contributed by atoms with Crippen molar-refractivity contribution >= 4 is 6.03 Å². The number of amides is 2. The van der Waals surface area contributed by atoms with Gasteiger partial charge in [-0.15, -0.1) is 0 Å². The number of piperidine rings is 2. The van der Waals surface area contributed by atoms with E-state index in [9.17, 15) is 4.79 Å². The molecule has 1 aromatic heterocycles. The summed E-state index contributed by atoms with van der Waals surface area (Å²) >= 11 is 0. The molecule has 0 spiro atoms. The molecular formula is C19H33N5O. The van der Waals surface area contributed by atoms with Gasteiger partial charge in [0.25, 0.3) is 0 Å². The highest BCUT2D eigenvalue weighted by molar-refractivity contribution is 5.74. The standard InChI is InChI=1S/C19H33N5O/c1-3-17-6-4-5-10-23(17)13-9-21-19(25)24-11-7-16(8-12-24)18-14-20-15-22(18)2/h14-17H,3-13H2,1-2H3,(H,21,25). The molecule has 2 fully saturated rings. The minimum absolute atomic E-state index is 0.105. The number of likely N-dealkylation sites (tertiary alicyclic amines) is 2. The highest BCUT2D eigenvalue weighted by Crippen LogP contribution is 2.27. The van der Waals surface area contributed by atoms with Gasteiger partial charge in [0.05, 0.1) is 6.33 Å². The molecule has 0 saturated carbocycles. The lowest BCUT2D eigenvalue weighted by atomic mass is 9.94. The van der Waals surface area contributed by atoms with Gasteiger partial charge in [-0.1, -0.05) is 13.3 Å². The van der Waals surface area contributed by atoms with Crippen LogP contribution in [0.2, 0.25) is 0 Å². The average Bonchev–Trinajstić information content (AvgIpc) is 3.08. The molecule has 0 radical (unpaired) electrons. The molecular weight excluding hydrogens is 314 g/mol. The summed E-state index contributed by atoms with van der Waals surface area (Å²) in [6.07, 6.45) is 11.1. The minimum atomic E-state index is 0.105. The molecule has 3 rings (SSSR count). The zero-order valence-electron chi connectivity index (χ0n) is 15.8. The summed E-state index contributed by atoms with van der Waals surface area (Å²) in [5.41, 5.74) is 1.29. The lowest BCUT2D eigenvalue weighted by molar-refractivity contribution is 0.141. The first-order valence-corrected chi connectivity index (χ1v) is 9.92. The Bertz CT molecular complexity index is 550. The molecule has 140 valence electrons. The van der Waals surface area contributed by atoms with Crippen LogP contribution in [0.3, 0.4) is 0 Å². The van der Waals surface area contributed by atoms with Crippen molar-refractivity contribution in [2.75, 3.05) is 32.7 Å². The van der Waals surface area contributed by atoms with Crippen LogP contribution in [0.4, 0.5) is 4.79 Å². The van der Waals surface area contributed by atoms with Crippen LogP contribution in [-0.4, -0.2) is 64.1 Å². The van der Waals surface area contributed by atoms with Crippen LogP contribution in [0.1, 0.15) is 57.1 Å². The number of carbonyl (C=O) groups excluding carboxylic acids is 1. The first-order valence-electron chi connectivity index (χ1n) is 9.92. The third kappa shape index (κ3) is 4.54. The Balaban J connectivity index is 1.39. The van der Waals surface area contributed by atoms with Crippen LogP contribution >= 0.6 is 0 Å². The van der Waals surface area contributed by atoms with Crippen LogP contribution in [-0.2, 0) is 7.05 Å². The smallest absolute Gasteiger partial charge is 0.317 e. The molecule has 25 heavy (non-hydrogen) atoms. The molecule has 1 aromatic rings. The topological polar surface area (TPSA) is 53.4 Å². The van der Waals surface area contributed by atoms with Crippen molar-refractivity contribution in [3.8, 4) is 0 Å². The second-order valence-corrected chi connectivity index (χ2v) is 7.52. The molecule has 2 saturated heterocycles. The van der Waals surface area contributed by atoms with Gasteiger partial charge in [0.1, 0.15) is 0 Å². The molecule has 1 unspecified atom stereocenters. The lowest BCUT2D eigenvalue weighted by Crippen LogP contribution is -2.48. The number of imidazole rings is 1. The Morgan fingerprint density at radius 3 is 2.72 bits per heavy atom. The fourth-order valence-corrected chi connectivity index (χ4v) is 4.37. The maximum absolute atomic E-state index is 12.4. The predicted octanol–water partition coefficient (Wildman–Crippen LogP) is 2.57. The maximum Gasteiger partial charge on any atom is 0.317 e. The molecule has 6 heteroatoms. The molecule has 1 atom stereocenters. The third-order valence-electron chi connectivity index (χ3n) is 5.95. The number of nitrogens with zero attached hydrogens (tertiary/aromatic N) is 4. The van der Waals surface area contributed by atoms with E-state index in [1.807, 2.05) is 24.5 Å². The van der Waals surface area contributed by atoms with Crippen molar-refractivity contribution in [3.63, 3.8) is 0 Å².